The molecule has 0 bridgehead atoms. The number of ether oxygens (including phenoxy) is 1. The summed E-state index contributed by atoms with van der Waals surface area (Å²) >= 11 is 0. The lowest BCUT2D eigenvalue weighted by Crippen LogP contribution is -2.26. The molecule has 8 heteroatoms. The summed E-state index contributed by atoms with van der Waals surface area (Å²) in [6, 6.07) is 1.43. The molecular formula is C13H15FN2O5. The van der Waals surface area contributed by atoms with E-state index in [0.29, 0.717) is 19.3 Å². The van der Waals surface area contributed by atoms with Gasteiger partial charge in [-0.25, -0.2) is 9.18 Å². The molecule has 1 heterocycles. The fourth-order valence-corrected chi connectivity index (χ4v) is 2.30. The summed E-state index contributed by atoms with van der Waals surface area (Å²) in [6.45, 7) is 2.99. The van der Waals surface area contributed by atoms with E-state index in [2.05, 4.69) is 5.32 Å². The molecule has 0 aromatic heterocycles. The molecule has 1 aromatic rings. The molecule has 1 saturated heterocycles. The van der Waals surface area contributed by atoms with Gasteiger partial charge in [0.05, 0.1) is 23.2 Å². The number of hydrogen-bond acceptors (Lipinski definition) is 5. The number of nitro groups is 1. The Morgan fingerprint density at radius 2 is 2.33 bits per heavy atom. The molecular weight excluding hydrogens is 283 g/mol. The molecule has 2 atom stereocenters. The topological polar surface area (TPSA) is 102 Å². The van der Waals surface area contributed by atoms with Crippen LogP contribution in [0.1, 0.15) is 23.7 Å². The van der Waals surface area contributed by atoms with Crippen molar-refractivity contribution in [3.63, 3.8) is 0 Å². The van der Waals surface area contributed by atoms with Crippen LogP contribution in [0.4, 0.5) is 15.8 Å². The summed E-state index contributed by atoms with van der Waals surface area (Å²) in [6.07, 6.45) is 0.814. The van der Waals surface area contributed by atoms with E-state index in [9.17, 15) is 19.3 Å². The predicted octanol–water partition coefficient (Wildman–Crippen LogP) is 2.27. The Hall–Kier alpha value is -2.22. The van der Waals surface area contributed by atoms with Gasteiger partial charge in [-0.3, -0.25) is 10.1 Å². The Morgan fingerprint density at radius 1 is 1.62 bits per heavy atom. The lowest BCUT2D eigenvalue weighted by molar-refractivity contribution is -0.384. The van der Waals surface area contributed by atoms with Crippen LogP contribution in [0.15, 0.2) is 12.1 Å². The fourth-order valence-electron chi connectivity index (χ4n) is 2.30. The highest BCUT2D eigenvalue weighted by Gasteiger charge is 2.26. The summed E-state index contributed by atoms with van der Waals surface area (Å²) in [7, 11) is 0. The number of rotatable bonds is 5. The highest BCUT2D eigenvalue weighted by Crippen LogP contribution is 2.30. The van der Waals surface area contributed by atoms with E-state index in [-0.39, 0.29) is 17.6 Å². The van der Waals surface area contributed by atoms with Crippen LogP contribution in [-0.4, -0.2) is 35.3 Å². The zero-order valence-electron chi connectivity index (χ0n) is 11.3. The van der Waals surface area contributed by atoms with Gasteiger partial charge in [-0.15, -0.1) is 0 Å². The fraction of sp³-hybridized carbons (Fsp3) is 0.462. The minimum atomic E-state index is -1.47. The van der Waals surface area contributed by atoms with E-state index in [0.717, 1.165) is 12.5 Å². The Morgan fingerprint density at radius 3 is 2.86 bits per heavy atom. The molecule has 1 aromatic carbocycles. The van der Waals surface area contributed by atoms with E-state index in [1.807, 2.05) is 6.92 Å². The van der Waals surface area contributed by atoms with Gasteiger partial charge in [0, 0.05) is 18.6 Å². The molecule has 1 aliphatic rings. The van der Waals surface area contributed by atoms with Crippen LogP contribution < -0.4 is 5.32 Å². The van der Waals surface area contributed by atoms with E-state index < -0.39 is 28.0 Å². The van der Waals surface area contributed by atoms with Gasteiger partial charge in [0.1, 0.15) is 11.5 Å². The smallest absolute Gasteiger partial charge is 0.338 e. The highest BCUT2D eigenvalue weighted by molar-refractivity contribution is 5.90. The van der Waals surface area contributed by atoms with Gasteiger partial charge in [0.15, 0.2) is 0 Å². The maximum atomic E-state index is 13.5. The second-order valence-corrected chi connectivity index (χ2v) is 4.97. The monoisotopic (exact) mass is 298 g/mol. The number of anilines is 1. The molecule has 0 radical (unpaired) electrons. The maximum Gasteiger partial charge on any atom is 0.338 e. The minimum absolute atomic E-state index is 0.00167. The van der Waals surface area contributed by atoms with Crippen LogP contribution in [0.2, 0.25) is 0 Å². The SMILES string of the molecule is CC(Nc1cc(C(=O)O)c(F)cc1[N+](=O)[O-])C1CCOC1. The zero-order valence-corrected chi connectivity index (χ0v) is 11.3. The van der Waals surface area contributed by atoms with Crippen molar-refractivity contribution in [1.29, 1.82) is 0 Å². The number of aromatic carboxylic acids is 1. The van der Waals surface area contributed by atoms with Gasteiger partial charge in [0.25, 0.3) is 5.69 Å². The third-order valence-electron chi connectivity index (χ3n) is 3.57. The van der Waals surface area contributed by atoms with Crippen molar-refractivity contribution in [2.45, 2.75) is 19.4 Å². The number of benzene rings is 1. The van der Waals surface area contributed by atoms with Crippen LogP contribution in [-0.2, 0) is 4.74 Å². The van der Waals surface area contributed by atoms with Crippen molar-refractivity contribution in [3.8, 4) is 0 Å². The highest BCUT2D eigenvalue weighted by atomic mass is 19.1. The van der Waals surface area contributed by atoms with Gasteiger partial charge < -0.3 is 15.2 Å². The molecule has 114 valence electrons. The average molecular weight is 298 g/mol. The van der Waals surface area contributed by atoms with Crippen LogP contribution in [0, 0.1) is 21.8 Å². The normalized spacial score (nSPS) is 19.2. The number of hydrogen-bond donors (Lipinski definition) is 2. The number of nitrogens with one attached hydrogen (secondary N) is 1. The molecule has 21 heavy (non-hydrogen) atoms. The van der Waals surface area contributed by atoms with Crippen molar-refractivity contribution in [2.75, 3.05) is 18.5 Å². The molecule has 2 N–H and O–H groups in total. The van der Waals surface area contributed by atoms with Crippen molar-refractivity contribution < 1.29 is 24.0 Å². The molecule has 0 spiro atoms. The Balaban J connectivity index is 2.32. The number of carbonyl (C=O) groups is 1. The number of carboxylic acids is 1. The van der Waals surface area contributed by atoms with E-state index in [1.165, 1.54) is 0 Å². The van der Waals surface area contributed by atoms with Crippen molar-refractivity contribution in [3.05, 3.63) is 33.6 Å². The summed E-state index contributed by atoms with van der Waals surface area (Å²) in [5.74, 6) is -2.43. The lowest BCUT2D eigenvalue weighted by atomic mass is 10.00. The second-order valence-electron chi connectivity index (χ2n) is 4.97. The number of nitro benzene ring substituents is 1. The first-order valence-electron chi connectivity index (χ1n) is 6.45. The second kappa shape index (κ2) is 6.04. The Kier molecular flexibility index (Phi) is 4.37. The van der Waals surface area contributed by atoms with Gasteiger partial charge >= 0.3 is 5.97 Å². The summed E-state index contributed by atoms with van der Waals surface area (Å²) < 4.78 is 18.8. The van der Waals surface area contributed by atoms with E-state index in [1.54, 1.807) is 0 Å². The molecule has 0 saturated carbocycles. The van der Waals surface area contributed by atoms with Crippen molar-refractivity contribution in [2.24, 2.45) is 5.92 Å². The van der Waals surface area contributed by atoms with E-state index >= 15 is 0 Å². The molecule has 7 nitrogen and oxygen atoms in total. The maximum absolute atomic E-state index is 13.5. The van der Waals surface area contributed by atoms with Crippen LogP contribution in [0.25, 0.3) is 0 Å². The third kappa shape index (κ3) is 3.27. The van der Waals surface area contributed by atoms with Crippen LogP contribution >= 0.6 is 0 Å². The van der Waals surface area contributed by atoms with E-state index in [4.69, 9.17) is 9.84 Å². The summed E-state index contributed by atoms with van der Waals surface area (Å²) in [5.41, 5.74) is -1.08. The van der Waals surface area contributed by atoms with Crippen molar-refractivity contribution in [1.82, 2.24) is 0 Å². The first-order valence-corrected chi connectivity index (χ1v) is 6.45. The summed E-state index contributed by atoms with van der Waals surface area (Å²) in [5, 5.41) is 22.8. The van der Waals surface area contributed by atoms with Crippen LogP contribution in [0.3, 0.4) is 0 Å². The molecule has 1 fully saturated rings. The Labute approximate surface area is 119 Å². The van der Waals surface area contributed by atoms with Gasteiger partial charge in [0.2, 0.25) is 0 Å². The number of nitrogens with zero attached hydrogens (tertiary/aromatic N) is 1. The molecule has 2 rings (SSSR count). The quantitative estimate of drug-likeness (QED) is 0.638. The largest absolute Gasteiger partial charge is 0.478 e. The average Bonchev–Trinajstić information content (AvgIpc) is 2.93. The molecule has 0 aliphatic carbocycles. The minimum Gasteiger partial charge on any atom is -0.478 e. The zero-order chi connectivity index (χ0) is 15.6. The van der Waals surface area contributed by atoms with Gasteiger partial charge in [-0.05, 0) is 19.4 Å². The third-order valence-corrected chi connectivity index (χ3v) is 3.57. The predicted molar refractivity (Wildman–Crippen MR) is 72.0 cm³/mol. The first-order chi connectivity index (χ1) is 9.90. The standard InChI is InChI=1S/C13H15FN2O5/c1-7(8-2-3-21-6-8)15-11-4-9(13(17)18)10(14)5-12(11)16(19)20/h4-5,7-8,15H,2-3,6H2,1H3,(H,17,18). The summed E-state index contributed by atoms with van der Waals surface area (Å²) in [4.78, 5) is 21.2. The lowest BCUT2D eigenvalue weighted by Gasteiger charge is -2.20. The molecule has 0 amide bonds. The Bertz CT molecular complexity index is 572. The van der Waals surface area contributed by atoms with Crippen LogP contribution in [0.5, 0.6) is 0 Å². The molecule has 2 unspecified atom stereocenters. The molecule has 1 aliphatic heterocycles. The number of carboxylic acid groups (broad SMARTS) is 1. The number of halogens is 1. The first kappa shape index (κ1) is 15.2. The van der Waals surface area contributed by atoms with Gasteiger partial charge in [-0.2, -0.15) is 0 Å². The van der Waals surface area contributed by atoms with Gasteiger partial charge in [-0.1, -0.05) is 0 Å². The van der Waals surface area contributed by atoms with Crippen molar-refractivity contribution >= 4 is 17.3 Å².